The molecule has 8 aliphatic rings. The highest BCUT2D eigenvalue weighted by atomic mass is 19.1. The standard InChI is InChI=1S/C35H53FO5/c1-19-22-7-11-32(6)26-18-25-23(8-13-34(41-25)28(29(34)36)30(3,4)38)31(26,5)14-15-35(32)20(2)33(22,35)12-9-24(19)40-27-17-21(37)10-16-39-27/h19-22,24,26-29,37-38H,7-18H2,1-6H3/t19?,20-,21+,22?,24+,26?,27?,28?,29?,31-,32+,33?,34?,35+/m1/s1. The molecule has 5 saturated carbocycles. The molecule has 1 saturated heterocycles. The number of allylic oxidation sites excluding steroid dienone is 2. The monoisotopic (exact) mass is 572 g/mol. The van der Waals surface area contributed by atoms with Crippen LogP contribution in [0, 0.1) is 51.2 Å². The molecule has 8 unspecified atom stereocenters. The van der Waals surface area contributed by atoms with E-state index in [-0.39, 0.29) is 29.3 Å². The Morgan fingerprint density at radius 1 is 1.02 bits per heavy atom. The molecule has 230 valence electrons. The number of hydrogen-bond acceptors (Lipinski definition) is 5. The van der Waals surface area contributed by atoms with Crippen LogP contribution in [0.3, 0.4) is 0 Å². The second kappa shape index (κ2) is 8.31. The van der Waals surface area contributed by atoms with Gasteiger partial charge in [0.05, 0.1) is 36.1 Å². The van der Waals surface area contributed by atoms with Gasteiger partial charge in [-0.25, -0.2) is 4.39 Å². The highest BCUT2D eigenvalue weighted by Crippen LogP contribution is 2.92. The molecular weight excluding hydrogens is 519 g/mol. The topological polar surface area (TPSA) is 68.2 Å². The van der Waals surface area contributed by atoms with Crippen molar-refractivity contribution in [2.24, 2.45) is 51.2 Å². The molecule has 14 atom stereocenters. The summed E-state index contributed by atoms with van der Waals surface area (Å²) in [5.74, 6) is 3.11. The normalized spacial score (nSPS) is 59.0. The van der Waals surface area contributed by atoms with Gasteiger partial charge in [0.1, 0.15) is 11.8 Å². The molecule has 5 nitrogen and oxygen atoms in total. The molecule has 41 heavy (non-hydrogen) atoms. The van der Waals surface area contributed by atoms with E-state index in [0.29, 0.717) is 54.5 Å². The quantitative estimate of drug-likeness (QED) is 0.369. The van der Waals surface area contributed by atoms with E-state index in [1.165, 1.54) is 37.7 Å². The lowest BCUT2D eigenvalue weighted by Gasteiger charge is -2.62. The molecule has 0 amide bonds. The number of ether oxygens (including phenoxy) is 3. The van der Waals surface area contributed by atoms with Gasteiger partial charge in [0.15, 0.2) is 6.29 Å². The average Bonchev–Trinajstić information content (AvgIpc) is 3.61. The Labute approximate surface area is 246 Å². The van der Waals surface area contributed by atoms with Gasteiger partial charge in [-0.1, -0.05) is 27.7 Å². The molecule has 0 aromatic rings. The molecular formula is C35H53FO5. The number of hydrogen-bond donors (Lipinski definition) is 2. The molecule has 6 aliphatic carbocycles. The van der Waals surface area contributed by atoms with E-state index in [9.17, 15) is 10.2 Å². The van der Waals surface area contributed by atoms with Crippen molar-refractivity contribution in [2.45, 2.75) is 148 Å². The lowest BCUT2D eigenvalue weighted by atomic mass is 9.42. The van der Waals surface area contributed by atoms with Gasteiger partial charge in [-0.05, 0) is 123 Å². The molecule has 0 aromatic carbocycles. The van der Waals surface area contributed by atoms with Crippen LogP contribution in [0.25, 0.3) is 0 Å². The Balaban J connectivity index is 1.05. The van der Waals surface area contributed by atoms with Gasteiger partial charge in [0.25, 0.3) is 0 Å². The molecule has 2 N–H and O–H groups in total. The lowest BCUT2D eigenvalue weighted by molar-refractivity contribution is -0.233. The molecule has 6 fully saturated rings. The van der Waals surface area contributed by atoms with Gasteiger partial charge in [0, 0.05) is 12.8 Å². The number of halogens is 1. The summed E-state index contributed by atoms with van der Waals surface area (Å²) in [6.07, 6.45) is 9.82. The van der Waals surface area contributed by atoms with Crippen LogP contribution < -0.4 is 0 Å². The number of alkyl halides is 1. The maximum Gasteiger partial charge on any atom is 0.160 e. The summed E-state index contributed by atoms with van der Waals surface area (Å²) < 4.78 is 34.5. The first-order valence-corrected chi connectivity index (χ1v) is 17.0. The van der Waals surface area contributed by atoms with E-state index in [2.05, 4.69) is 27.7 Å². The fourth-order valence-corrected chi connectivity index (χ4v) is 13.8. The summed E-state index contributed by atoms with van der Waals surface area (Å²) in [6, 6.07) is 0. The summed E-state index contributed by atoms with van der Waals surface area (Å²) in [7, 11) is 0. The summed E-state index contributed by atoms with van der Waals surface area (Å²) in [5.41, 5.74) is 0.781. The molecule has 2 heterocycles. The van der Waals surface area contributed by atoms with Crippen molar-refractivity contribution in [2.75, 3.05) is 6.61 Å². The highest BCUT2D eigenvalue weighted by molar-refractivity contribution is 5.41. The summed E-state index contributed by atoms with van der Waals surface area (Å²) in [4.78, 5) is 0. The van der Waals surface area contributed by atoms with E-state index in [0.717, 1.165) is 30.9 Å². The second-order valence-electron chi connectivity index (χ2n) is 17.0. The van der Waals surface area contributed by atoms with Crippen molar-refractivity contribution in [3.8, 4) is 0 Å². The third-order valence-corrected chi connectivity index (χ3v) is 15.5. The predicted octanol–water partition coefficient (Wildman–Crippen LogP) is 6.70. The number of fused-ring (bicyclic) bond motifs is 3. The Morgan fingerprint density at radius 3 is 2.51 bits per heavy atom. The van der Waals surface area contributed by atoms with Crippen LogP contribution in [0.2, 0.25) is 0 Å². The van der Waals surface area contributed by atoms with Crippen LogP contribution in [0.4, 0.5) is 4.39 Å². The smallest absolute Gasteiger partial charge is 0.160 e. The van der Waals surface area contributed by atoms with Crippen LogP contribution in [-0.4, -0.2) is 52.7 Å². The Kier molecular flexibility index (Phi) is 5.64. The minimum atomic E-state index is -1.07. The molecule has 3 spiro atoms. The summed E-state index contributed by atoms with van der Waals surface area (Å²) in [6.45, 7) is 14.3. The summed E-state index contributed by atoms with van der Waals surface area (Å²) >= 11 is 0. The average molecular weight is 573 g/mol. The first-order valence-electron chi connectivity index (χ1n) is 17.0. The lowest BCUT2D eigenvalue weighted by Crippen LogP contribution is -2.56. The number of aliphatic hydroxyl groups excluding tert-OH is 1. The van der Waals surface area contributed by atoms with Gasteiger partial charge in [0.2, 0.25) is 0 Å². The Hall–Kier alpha value is -0.690. The number of rotatable bonds is 3. The largest absolute Gasteiger partial charge is 0.488 e. The fraction of sp³-hybridized carbons (Fsp3) is 0.943. The molecule has 2 aliphatic heterocycles. The van der Waals surface area contributed by atoms with Gasteiger partial charge in [-0.2, -0.15) is 0 Å². The van der Waals surface area contributed by atoms with E-state index in [4.69, 9.17) is 14.2 Å². The Bertz CT molecular complexity index is 1160. The van der Waals surface area contributed by atoms with Crippen molar-refractivity contribution in [1.29, 1.82) is 0 Å². The molecule has 0 bridgehead atoms. The van der Waals surface area contributed by atoms with Gasteiger partial charge < -0.3 is 24.4 Å². The van der Waals surface area contributed by atoms with Gasteiger partial charge in [-0.15, -0.1) is 0 Å². The van der Waals surface area contributed by atoms with Crippen molar-refractivity contribution in [3.05, 3.63) is 11.3 Å². The zero-order chi connectivity index (χ0) is 29.0. The third kappa shape index (κ3) is 3.17. The van der Waals surface area contributed by atoms with Crippen molar-refractivity contribution >= 4 is 0 Å². The minimum absolute atomic E-state index is 0.142. The fourth-order valence-electron chi connectivity index (χ4n) is 13.8. The van der Waals surface area contributed by atoms with E-state index in [1.807, 2.05) is 0 Å². The maximum atomic E-state index is 15.3. The van der Waals surface area contributed by atoms with Gasteiger partial charge in [-0.3, -0.25) is 0 Å². The second-order valence-corrected chi connectivity index (χ2v) is 17.0. The zero-order valence-electron chi connectivity index (χ0n) is 26.2. The summed E-state index contributed by atoms with van der Waals surface area (Å²) in [5, 5.41) is 20.9. The first kappa shape index (κ1) is 27.8. The zero-order valence-corrected chi connectivity index (χ0v) is 26.2. The molecule has 8 rings (SSSR count). The van der Waals surface area contributed by atoms with Crippen molar-refractivity contribution < 1.29 is 28.8 Å². The van der Waals surface area contributed by atoms with Crippen LogP contribution in [-0.2, 0) is 14.2 Å². The van der Waals surface area contributed by atoms with Crippen LogP contribution >= 0.6 is 0 Å². The van der Waals surface area contributed by atoms with E-state index in [1.54, 1.807) is 13.8 Å². The highest BCUT2D eigenvalue weighted by Gasteiger charge is 2.87. The predicted molar refractivity (Wildman–Crippen MR) is 153 cm³/mol. The first-order chi connectivity index (χ1) is 19.3. The Morgan fingerprint density at radius 2 is 1.80 bits per heavy atom. The molecule has 0 radical (unpaired) electrons. The van der Waals surface area contributed by atoms with Crippen LogP contribution in [0.15, 0.2) is 11.3 Å². The van der Waals surface area contributed by atoms with Crippen LogP contribution in [0.5, 0.6) is 0 Å². The van der Waals surface area contributed by atoms with E-state index >= 15 is 4.39 Å². The minimum Gasteiger partial charge on any atom is -0.488 e. The molecule has 6 heteroatoms. The van der Waals surface area contributed by atoms with Gasteiger partial charge >= 0.3 is 0 Å². The van der Waals surface area contributed by atoms with Crippen molar-refractivity contribution in [3.63, 3.8) is 0 Å². The SMILES string of the molecule is CC1C2CC[C@@]3(C)C4CC5=C(CCC6(O5)C(F)C6C(C)(C)O)[C@@]4(C)CC[C@]34[C@H](C)C24CC[C@@H]1OC1C[C@@H](O)CCO1. The third-order valence-electron chi connectivity index (χ3n) is 15.5. The van der Waals surface area contributed by atoms with Crippen molar-refractivity contribution in [1.82, 2.24) is 0 Å². The van der Waals surface area contributed by atoms with E-state index < -0.39 is 23.3 Å². The molecule has 0 aromatic heterocycles. The maximum absolute atomic E-state index is 15.3. The van der Waals surface area contributed by atoms with Crippen LogP contribution in [0.1, 0.15) is 112 Å². The number of aliphatic hydroxyl groups is 2.